The Morgan fingerprint density at radius 1 is 1.03 bits per heavy atom. The summed E-state index contributed by atoms with van der Waals surface area (Å²) < 4.78 is 34.0. The van der Waals surface area contributed by atoms with E-state index >= 15 is 0 Å². The van der Waals surface area contributed by atoms with Crippen molar-refractivity contribution < 1.29 is 17.9 Å². The molecule has 0 radical (unpaired) electrons. The number of sulfonamides is 1. The first kappa shape index (κ1) is 27.2. The van der Waals surface area contributed by atoms with Crippen LogP contribution in [0.3, 0.4) is 0 Å². The number of rotatable bonds is 9. The standard InChI is InChI=1S/C27H28ClN5O4S2/c1-37-25-22(28)11-12-23-24(25)30-27(38-23)33-17-15-32(16-18-33)14-13-29-26(34)19-7-9-20(10-8-19)31-39(35,36)21-5-3-2-4-6-21/h2-12,31H,13-18H2,1H3,(H,29,34). The number of ether oxygens (including phenoxy) is 1. The number of carbonyl (C=O) groups excluding carboxylic acids is 1. The summed E-state index contributed by atoms with van der Waals surface area (Å²) in [6.45, 7) is 4.64. The Morgan fingerprint density at radius 3 is 2.44 bits per heavy atom. The zero-order valence-electron chi connectivity index (χ0n) is 21.3. The van der Waals surface area contributed by atoms with Gasteiger partial charge in [-0.25, -0.2) is 13.4 Å². The van der Waals surface area contributed by atoms with E-state index in [0.717, 1.165) is 48.1 Å². The minimum Gasteiger partial charge on any atom is -0.493 e. The van der Waals surface area contributed by atoms with Crippen LogP contribution in [-0.2, 0) is 10.0 Å². The number of hydrogen-bond acceptors (Lipinski definition) is 8. The minimum absolute atomic E-state index is 0.179. The Hall–Kier alpha value is -3.38. The number of nitrogens with one attached hydrogen (secondary N) is 2. The molecule has 0 aliphatic carbocycles. The van der Waals surface area contributed by atoms with Crippen molar-refractivity contribution in [2.24, 2.45) is 0 Å². The molecule has 0 atom stereocenters. The van der Waals surface area contributed by atoms with Crippen LogP contribution >= 0.6 is 22.9 Å². The molecule has 3 aromatic carbocycles. The summed E-state index contributed by atoms with van der Waals surface area (Å²) in [6, 6.07) is 18.3. The fraction of sp³-hybridized carbons (Fsp3) is 0.259. The van der Waals surface area contributed by atoms with Crippen LogP contribution in [0.2, 0.25) is 5.02 Å². The van der Waals surface area contributed by atoms with E-state index in [4.69, 9.17) is 21.3 Å². The van der Waals surface area contributed by atoms with Gasteiger partial charge in [-0.1, -0.05) is 41.1 Å². The Morgan fingerprint density at radius 2 is 1.74 bits per heavy atom. The quantitative estimate of drug-likeness (QED) is 0.302. The van der Waals surface area contributed by atoms with Gasteiger partial charge in [0.2, 0.25) is 0 Å². The topological polar surface area (TPSA) is 104 Å². The Labute approximate surface area is 236 Å². The molecule has 1 aromatic heterocycles. The second-order valence-corrected chi connectivity index (χ2v) is 12.1. The van der Waals surface area contributed by atoms with E-state index in [0.29, 0.717) is 28.6 Å². The summed E-state index contributed by atoms with van der Waals surface area (Å²) in [5.41, 5.74) is 1.65. The number of hydrogen-bond donors (Lipinski definition) is 2. The normalized spacial score (nSPS) is 14.4. The van der Waals surface area contributed by atoms with Crippen molar-refractivity contribution in [3.8, 4) is 5.75 Å². The summed E-state index contributed by atoms with van der Waals surface area (Å²) in [7, 11) is -2.08. The summed E-state index contributed by atoms with van der Waals surface area (Å²) in [4.78, 5) is 22.1. The number of methoxy groups -OCH3 is 1. The first-order valence-electron chi connectivity index (χ1n) is 12.4. The number of fused-ring (bicyclic) bond motifs is 1. The second kappa shape index (κ2) is 11.8. The van der Waals surface area contributed by atoms with Crippen LogP contribution in [0.15, 0.2) is 71.6 Å². The lowest BCUT2D eigenvalue weighted by molar-refractivity contribution is 0.0948. The molecule has 204 valence electrons. The van der Waals surface area contributed by atoms with Gasteiger partial charge in [-0.3, -0.25) is 14.4 Å². The fourth-order valence-electron chi connectivity index (χ4n) is 4.36. The van der Waals surface area contributed by atoms with E-state index < -0.39 is 10.0 Å². The molecule has 4 aromatic rings. The average molecular weight is 586 g/mol. The highest BCUT2D eigenvalue weighted by Gasteiger charge is 2.21. The van der Waals surface area contributed by atoms with Gasteiger partial charge < -0.3 is 15.0 Å². The molecule has 2 heterocycles. The van der Waals surface area contributed by atoms with Gasteiger partial charge in [0.1, 0.15) is 5.52 Å². The van der Waals surface area contributed by atoms with Crippen LogP contribution in [-0.4, -0.2) is 70.6 Å². The lowest BCUT2D eigenvalue weighted by Gasteiger charge is -2.34. The molecule has 12 heteroatoms. The molecule has 0 spiro atoms. The zero-order chi connectivity index (χ0) is 27.4. The number of aromatic nitrogens is 1. The van der Waals surface area contributed by atoms with Crippen molar-refractivity contribution in [1.29, 1.82) is 0 Å². The highest BCUT2D eigenvalue weighted by Crippen LogP contribution is 2.38. The Bertz CT molecular complexity index is 1550. The molecular formula is C27H28ClN5O4S2. The maximum atomic E-state index is 12.6. The number of nitrogens with zero attached hydrogens (tertiary/aromatic N) is 3. The molecule has 0 unspecified atom stereocenters. The molecule has 2 N–H and O–H groups in total. The van der Waals surface area contributed by atoms with Crippen molar-refractivity contribution >= 4 is 59.9 Å². The predicted molar refractivity (Wildman–Crippen MR) is 156 cm³/mol. The molecule has 0 bridgehead atoms. The molecule has 1 saturated heterocycles. The Kier molecular flexibility index (Phi) is 8.22. The number of piperazine rings is 1. The maximum absolute atomic E-state index is 12.6. The number of benzene rings is 3. The van der Waals surface area contributed by atoms with Crippen molar-refractivity contribution in [2.45, 2.75) is 4.90 Å². The summed E-state index contributed by atoms with van der Waals surface area (Å²) in [5, 5.41) is 4.45. The molecule has 1 amide bonds. The third kappa shape index (κ3) is 6.27. The third-order valence-electron chi connectivity index (χ3n) is 6.47. The number of anilines is 2. The van der Waals surface area contributed by atoms with E-state index in [1.165, 1.54) is 12.1 Å². The van der Waals surface area contributed by atoms with Crippen LogP contribution in [0.1, 0.15) is 10.4 Å². The molecule has 39 heavy (non-hydrogen) atoms. The first-order valence-corrected chi connectivity index (χ1v) is 15.1. The van der Waals surface area contributed by atoms with Gasteiger partial charge in [0, 0.05) is 50.5 Å². The van der Waals surface area contributed by atoms with Gasteiger partial charge in [-0.15, -0.1) is 0 Å². The highest BCUT2D eigenvalue weighted by atomic mass is 35.5. The summed E-state index contributed by atoms with van der Waals surface area (Å²) in [6.07, 6.45) is 0. The van der Waals surface area contributed by atoms with Gasteiger partial charge >= 0.3 is 0 Å². The number of thiazole rings is 1. The molecule has 9 nitrogen and oxygen atoms in total. The van der Waals surface area contributed by atoms with E-state index in [1.54, 1.807) is 60.9 Å². The van der Waals surface area contributed by atoms with Gasteiger partial charge in [-0.05, 0) is 48.5 Å². The molecule has 5 rings (SSSR count). The van der Waals surface area contributed by atoms with Crippen LogP contribution in [0, 0.1) is 0 Å². The molecule has 1 fully saturated rings. The molecular weight excluding hydrogens is 558 g/mol. The maximum Gasteiger partial charge on any atom is 0.261 e. The number of halogens is 1. The van der Waals surface area contributed by atoms with Gasteiger partial charge in [0.25, 0.3) is 15.9 Å². The first-order chi connectivity index (χ1) is 18.8. The molecule has 0 saturated carbocycles. The SMILES string of the molecule is COc1c(Cl)ccc2sc(N3CCN(CCNC(=O)c4ccc(NS(=O)(=O)c5ccccc5)cc4)CC3)nc12. The summed E-state index contributed by atoms with van der Waals surface area (Å²) >= 11 is 7.87. The number of amides is 1. The second-order valence-electron chi connectivity index (χ2n) is 9.00. The average Bonchev–Trinajstić information content (AvgIpc) is 3.38. The van der Waals surface area contributed by atoms with Gasteiger partial charge in [0.05, 0.1) is 21.7 Å². The van der Waals surface area contributed by atoms with Crippen molar-refractivity contribution in [2.75, 3.05) is 56.0 Å². The molecule has 1 aliphatic heterocycles. The predicted octanol–water partition coefficient (Wildman–Crippen LogP) is 4.31. The zero-order valence-corrected chi connectivity index (χ0v) is 23.7. The van der Waals surface area contributed by atoms with E-state index in [1.807, 2.05) is 12.1 Å². The highest BCUT2D eigenvalue weighted by molar-refractivity contribution is 7.92. The fourth-order valence-corrected chi connectivity index (χ4v) is 6.68. The lowest BCUT2D eigenvalue weighted by Crippen LogP contribution is -2.48. The van der Waals surface area contributed by atoms with Crippen LogP contribution in [0.5, 0.6) is 5.75 Å². The van der Waals surface area contributed by atoms with E-state index in [9.17, 15) is 13.2 Å². The van der Waals surface area contributed by atoms with Crippen LogP contribution in [0.4, 0.5) is 10.8 Å². The van der Waals surface area contributed by atoms with Crippen LogP contribution in [0.25, 0.3) is 10.2 Å². The largest absolute Gasteiger partial charge is 0.493 e. The Balaban J connectivity index is 1.08. The van der Waals surface area contributed by atoms with Gasteiger partial charge in [0.15, 0.2) is 10.9 Å². The van der Waals surface area contributed by atoms with Crippen LogP contribution < -0.4 is 19.7 Å². The van der Waals surface area contributed by atoms with E-state index in [-0.39, 0.29) is 10.8 Å². The molecule has 1 aliphatic rings. The summed E-state index contributed by atoms with van der Waals surface area (Å²) in [5.74, 6) is 0.405. The minimum atomic E-state index is -3.68. The van der Waals surface area contributed by atoms with Crippen molar-refractivity contribution in [3.63, 3.8) is 0 Å². The lowest BCUT2D eigenvalue weighted by atomic mass is 10.2. The smallest absolute Gasteiger partial charge is 0.261 e. The van der Waals surface area contributed by atoms with Crippen molar-refractivity contribution in [3.05, 3.63) is 77.3 Å². The van der Waals surface area contributed by atoms with Gasteiger partial charge in [-0.2, -0.15) is 0 Å². The third-order valence-corrected chi connectivity index (χ3v) is 9.24. The van der Waals surface area contributed by atoms with E-state index in [2.05, 4.69) is 19.8 Å². The number of carbonyl (C=O) groups is 1. The van der Waals surface area contributed by atoms with Crippen molar-refractivity contribution in [1.82, 2.24) is 15.2 Å². The monoisotopic (exact) mass is 585 g/mol.